The summed E-state index contributed by atoms with van der Waals surface area (Å²) in [5.41, 5.74) is 0.567. The van der Waals surface area contributed by atoms with Crippen LogP contribution in [-0.2, 0) is 9.53 Å². The molecule has 0 amide bonds. The Hall–Kier alpha value is -2.39. The van der Waals surface area contributed by atoms with E-state index in [1.165, 1.54) is 18.0 Å². The molecule has 90 valence electrons. The lowest BCUT2D eigenvalue weighted by Gasteiger charge is -1.96. The summed E-state index contributed by atoms with van der Waals surface area (Å²) in [6, 6.07) is 3.27. The summed E-state index contributed by atoms with van der Waals surface area (Å²) in [7, 11) is 1.27. The summed E-state index contributed by atoms with van der Waals surface area (Å²) in [6.07, 6.45) is 3.13. The predicted molar refractivity (Wildman–Crippen MR) is 63.1 cm³/mol. The van der Waals surface area contributed by atoms with Gasteiger partial charge in [0.1, 0.15) is 0 Å². The molecule has 0 saturated heterocycles. The average Bonchev–Trinajstić information content (AvgIpc) is 2.85. The minimum Gasteiger partial charge on any atom is -0.459 e. The molecule has 0 bridgehead atoms. The molecule has 0 spiro atoms. The quantitative estimate of drug-likeness (QED) is 0.563. The second-order valence-electron chi connectivity index (χ2n) is 3.13. The van der Waals surface area contributed by atoms with Crippen LogP contribution in [0.15, 0.2) is 24.5 Å². The van der Waals surface area contributed by atoms with Crippen LogP contribution in [0.5, 0.6) is 0 Å². The molecule has 0 saturated carbocycles. The van der Waals surface area contributed by atoms with Gasteiger partial charge in [-0.15, -0.1) is 10.2 Å². The fraction of sp³-hybridized carbons (Fsp3) is 0.0909. The average molecular weight is 263 g/mol. The molecule has 0 aliphatic carbocycles. The van der Waals surface area contributed by atoms with Gasteiger partial charge in [-0.3, -0.25) is 0 Å². The van der Waals surface area contributed by atoms with E-state index in [2.05, 4.69) is 31.9 Å². The number of nitrogens with zero attached hydrogens (tertiary/aromatic N) is 4. The number of rotatable bonds is 1. The van der Waals surface area contributed by atoms with Gasteiger partial charge in [0.25, 0.3) is 0 Å². The molecule has 2 heterocycles. The first-order valence-corrected chi connectivity index (χ1v) is 5.21. The first kappa shape index (κ1) is 12.1. The van der Waals surface area contributed by atoms with Crippen LogP contribution in [-0.4, -0.2) is 33.1 Å². The number of ether oxygens (including phenoxy) is 1. The highest BCUT2D eigenvalue weighted by atomic mass is 35.5. The van der Waals surface area contributed by atoms with Crippen molar-refractivity contribution in [1.82, 2.24) is 20.0 Å². The second kappa shape index (κ2) is 5.29. The molecule has 7 heteroatoms. The van der Waals surface area contributed by atoms with Crippen molar-refractivity contribution in [2.24, 2.45) is 0 Å². The Morgan fingerprint density at radius 3 is 2.94 bits per heavy atom. The lowest BCUT2D eigenvalue weighted by Crippen LogP contribution is -1.98. The Balaban J connectivity index is 2.22. The SMILES string of the molecule is COC(=O)C#Cc1cnn(-c2ccc(Cl)nn2)c1. The lowest BCUT2D eigenvalue weighted by atomic mass is 10.3. The van der Waals surface area contributed by atoms with Crippen molar-refractivity contribution in [1.29, 1.82) is 0 Å². The largest absolute Gasteiger partial charge is 0.459 e. The van der Waals surface area contributed by atoms with Crippen molar-refractivity contribution < 1.29 is 9.53 Å². The smallest absolute Gasteiger partial charge is 0.384 e. The van der Waals surface area contributed by atoms with E-state index in [0.29, 0.717) is 16.5 Å². The molecular weight excluding hydrogens is 256 g/mol. The van der Waals surface area contributed by atoms with Gasteiger partial charge in [0.05, 0.1) is 18.9 Å². The van der Waals surface area contributed by atoms with Gasteiger partial charge in [0.15, 0.2) is 11.0 Å². The first-order valence-electron chi connectivity index (χ1n) is 4.83. The number of aromatic nitrogens is 4. The van der Waals surface area contributed by atoms with Crippen LogP contribution < -0.4 is 0 Å². The molecule has 2 rings (SSSR count). The summed E-state index contributed by atoms with van der Waals surface area (Å²) < 4.78 is 5.88. The number of halogens is 1. The highest BCUT2D eigenvalue weighted by molar-refractivity contribution is 6.29. The maximum atomic E-state index is 10.8. The van der Waals surface area contributed by atoms with Gasteiger partial charge in [0.2, 0.25) is 0 Å². The van der Waals surface area contributed by atoms with Gasteiger partial charge < -0.3 is 4.74 Å². The summed E-state index contributed by atoms with van der Waals surface area (Å²) in [6.45, 7) is 0. The monoisotopic (exact) mass is 262 g/mol. The minimum atomic E-state index is -0.603. The highest BCUT2D eigenvalue weighted by Crippen LogP contribution is 2.07. The number of hydrogen-bond donors (Lipinski definition) is 0. The van der Waals surface area contributed by atoms with Gasteiger partial charge in [-0.05, 0) is 12.1 Å². The molecule has 2 aromatic heterocycles. The van der Waals surface area contributed by atoms with Crippen molar-refractivity contribution >= 4 is 17.6 Å². The zero-order valence-electron chi connectivity index (χ0n) is 9.29. The van der Waals surface area contributed by atoms with E-state index in [4.69, 9.17) is 11.6 Å². The van der Waals surface area contributed by atoms with E-state index >= 15 is 0 Å². The van der Waals surface area contributed by atoms with Crippen molar-refractivity contribution in [2.45, 2.75) is 0 Å². The molecular formula is C11H7ClN4O2. The van der Waals surface area contributed by atoms with Crippen LogP contribution in [0.3, 0.4) is 0 Å². The molecule has 0 aliphatic heterocycles. The van der Waals surface area contributed by atoms with Gasteiger partial charge in [-0.1, -0.05) is 17.5 Å². The van der Waals surface area contributed by atoms with E-state index in [9.17, 15) is 4.79 Å². The number of carbonyl (C=O) groups is 1. The Bertz CT molecular complexity index is 624. The molecule has 0 fully saturated rings. The van der Waals surface area contributed by atoms with Crippen LogP contribution in [0.4, 0.5) is 0 Å². The molecule has 18 heavy (non-hydrogen) atoms. The third-order valence-corrected chi connectivity index (χ3v) is 2.13. The van der Waals surface area contributed by atoms with Gasteiger partial charge in [-0.25, -0.2) is 9.48 Å². The third-order valence-electron chi connectivity index (χ3n) is 1.93. The standard InChI is InChI=1S/C11H7ClN4O2/c1-18-11(17)5-2-8-6-13-16(7-8)10-4-3-9(12)14-15-10/h3-4,6-7H,1H3. The Labute approximate surface area is 108 Å². The summed E-state index contributed by atoms with van der Waals surface area (Å²) >= 11 is 5.63. The predicted octanol–water partition coefficient (Wildman–Crippen LogP) is 0.840. The Kier molecular flexibility index (Phi) is 3.55. The van der Waals surface area contributed by atoms with Crippen LogP contribution in [0, 0.1) is 11.8 Å². The fourth-order valence-electron chi connectivity index (χ4n) is 1.12. The number of methoxy groups -OCH3 is 1. The van der Waals surface area contributed by atoms with Crippen LogP contribution in [0.2, 0.25) is 5.15 Å². The van der Waals surface area contributed by atoms with E-state index in [1.54, 1.807) is 18.3 Å². The van der Waals surface area contributed by atoms with Gasteiger partial charge >= 0.3 is 5.97 Å². The normalized spacial score (nSPS) is 9.44. The maximum absolute atomic E-state index is 10.8. The van der Waals surface area contributed by atoms with Crippen molar-refractivity contribution in [3.05, 3.63) is 35.2 Å². The van der Waals surface area contributed by atoms with Crippen LogP contribution >= 0.6 is 11.6 Å². The Morgan fingerprint density at radius 1 is 1.44 bits per heavy atom. The molecule has 0 N–H and O–H groups in total. The Morgan fingerprint density at radius 2 is 2.28 bits per heavy atom. The van der Waals surface area contributed by atoms with Crippen molar-refractivity contribution in [2.75, 3.05) is 7.11 Å². The van der Waals surface area contributed by atoms with Gasteiger partial charge in [-0.2, -0.15) is 5.10 Å². The number of hydrogen-bond acceptors (Lipinski definition) is 5. The number of carbonyl (C=O) groups excluding carboxylic acids is 1. The zero-order valence-corrected chi connectivity index (χ0v) is 10.0. The fourth-order valence-corrected chi connectivity index (χ4v) is 1.22. The molecule has 0 aliphatic rings. The highest BCUT2D eigenvalue weighted by Gasteiger charge is 2.01. The van der Waals surface area contributed by atoms with Gasteiger partial charge in [0, 0.05) is 12.1 Å². The van der Waals surface area contributed by atoms with E-state index in [1.807, 2.05) is 0 Å². The topological polar surface area (TPSA) is 69.9 Å². The van der Waals surface area contributed by atoms with E-state index in [0.717, 1.165) is 0 Å². The minimum absolute atomic E-state index is 0.302. The van der Waals surface area contributed by atoms with Crippen LogP contribution in [0.1, 0.15) is 5.56 Å². The third kappa shape index (κ3) is 2.84. The summed E-state index contributed by atoms with van der Waals surface area (Å²) in [5.74, 6) is 4.82. The summed E-state index contributed by atoms with van der Waals surface area (Å²) in [5, 5.41) is 11.9. The maximum Gasteiger partial charge on any atom is 0.384 e. The van der Waals surface area contributed by atoms with E-state index in [-0.39, 0.29) is 0 Å². The van der Waals surface area contributed by atoms with Crippen molar-refractivity contribution in [3.8, 4) is 17.7 Å². The first-order chi connectivity index (χ1) is 8.69. The molecule has 0 aromatic carbocycles. The van der Waals surface area contributed by atoms with Crippen molar-refractivity contribution in [3.63, 3.8) is 0 Å². The zero-order chi connectivity index (χ0) is 13.0. The molecule has 0 atom stereocenters. The molecule has 2 aromatic rings. The van der Waals surface area contributed by atoms with E-state index < -0.39 is 5.97 Å². The molecule has 6 nitrogen and oxygen atoms in total. The number of esters is 1. The molecule has 0 unspecified atom stereocenters. The lowest BCUT2D eigenvalue weighted by molar-refractivity contribution is -0.133. The molecule has 0 radical (unpaired) electrons. The summed E-state index contributed by atoms with van der Waals surface area (Å²) in [4.78, 5) is 10.8. The second-order valence-corrected chi connectivity index (χ2v) is 3.52. The van der Waals surface area contributed by atoms with Crippen LogP contribution in [0.25, 0.3) is 5.82 Å².